The lowest BCUT2D eigenvalue weighted by molar-refractivity contribution is -0.138. The Balaban J connectivity index is 2.17. The summed E-state index contributed by atoms with van der Waals surface area (Å²) >= 11 is 0. The molecule has 0 amide bonds. The molecular weight excluding hydrogens is 281 g/mol. The molecule has 7 heteroatoms. The molecule has 0 spiro atoms. The van der Waals surface area contributed by atoms with Gasteiger partial charge >= 0.3 is 6.18 Å². The number of hydrogen-bond donors (Lipinski definition) is 2. The van der Waals surface area contributed by atoms with Crippen LogP contribution in [0.25, 0.3) is 0 Å². The summed E-state index contributed by atoms with van der Waals surface area (Å²) in [6.45, 7) is 3.71. The monoisotopic (exact) mass is 302 g/mol. The van der Waals surface area contributed by atoms with Gasteiger partial charge in [0.2, 0.25) is 0 Å². The molecule has 1 heterocycles. The van der Waals surface area contributed by atoms with E-state index in [-0.39, 0.29) is 0 Å². The summed E-state index contributed by atoms with van der Waals surface area (Å²) in [7, 11) is 3.64. The van der Waals surface area contributed by atoms with Crippen LogP contribution in [-0.4, -0.2) is 50.1 Å². The number of hydrazine groups is 1. The molecule has 1 aliphatic heterocycles. The van der Waals surface area contributed by atoms with Crippen molar-refractivity contribution >= 4 is 5.69 Å². The highest BCUT2D eigenvalue weighted by Gasteiger charge is 2.34. The van der Waals surface area contributed by atoms with Crippen molar-refractivity contribution < 1.29 is 13.2 Å². The van der Waals surface area contributed by atoms with Crippen molar-refractivity contribution in [2.75, 3.05) is 45.7 Å². The molecule has 118 valence electrons. The first kappa shape index (κ1) is 16.1. The number of anilines is 1. The standard InChI is InChI=1S/C14H21F3N4/c1-18-19-12-4-3-11(13(9-12)14(15,16)17)10-21-7-5-20(2)6-8-21/h3-4,9,18-19H,5-8,10H2,1-2H3. The molecule has 4 nitrogen and oxygen atoms in total. The number of benzene rings is 1. The van der Waals surface area contributed by atoms with Gasteiger partial charge in [0.25, 0.3) is 0 Å². The van der Waals surface area contributed by atoms with Gasteiger partial charge in [-0.3, -0.25) is 4.90 Å². The van der Waals surface area contributed by atoms with Crippen molar-refractivity contribution in [3.63, 3.8) is 0 Å². The minimum absolute atomic E-state index is 0.328. The van der Waals surface area contributed by atoms with Gasteiger partial charge in [-0.1, -0.05) is 6.07 Å². The zero-order valence-electron chi connectivity index (χ0n) is 12.3. The summed E-state index contributed by atoms with van der Waals surface area (Å²) in [4.78, 5) is 4.25. The SMILES string of the molecule is CNNc1ccc(CN2CCN(C)CC2)c(C(F)(F)F)c1. The van der Waals surface area contributed by atoms with Gasteiger partial charge in [-0.05, 0) is 24.7 Å². The number of nitrogens with zero attached hydrogens (tertiary/aromatic N) is 2. The molecule has 1 aliphatic rings. The van der Waals surface area contributed by atoms with Crippen LogP contribution in [-0.2, 0) is 12.7 Å². The van der Waals surface area contributed by atoms with E-state index >= 15 is 0 Å². The predicted octanol–water partition coefficient (Wildman–Crippen LogP) is 2.00. The Morgan fingerprint density at radius 3 is 2.38 bits per heavy atom. The Labute approximate surface area is 122 Å². The largest absolute Gasteiger partial charge is 0.416 e. The first-order chi connectivity index (χ1) is 9.90. The van der Waals surface area contributed by atoms with Gasteiger partial charge in [0.05, 0.1) is 5.56 Å². The molecular formula is C14H21F3N4. The Morgan fingerprint density at radius 2 is 1.81 bits per heavy atom. The van der Waals surface area contributed by atoms with E-state index in [1.54, 1.807) is 19.2 Å². The molecule has 0 unspecified atom stereocenters. The average molecular weight is 302 g/mol. The van der Waals surface area contributed by atoms with E-state index in [9.17, 15) is 13.2 Å². The summed E-state index contributed by atoms with van der Waals surface area (Å²) in [5, 5.41) is 0. The third kappa shape index (κ3) is 4.33. The smallest absolute Gasteiger partial charge is 0.322 e. The van der Waals surface area contributed by atoms with Crippen LogP contribution in [0.5, 0.6) is 0 Å². The highest BCUT2D eigenvalue weighted by molar-refractivity contribution is 5.49. The average Bonchev–Trinajstić information content (AvgIpc) is 2.42. The number of alkyl halides is 3. The molecule has 0 bridgehead atoms. The van der Waals surface area contributed by atoms with E-state index in [0.29, 0.717) is 17.8 Å². The second-order valence-corrected chi connectivity index (χ2v) is 5.32. The number of hydrogen-bond acceptors (Lipinski definition) is 4. The number of likely N-dealkylation sites (N-methyl/N-ethyl adjacent to an activating group) is 1. The number of halogens is 3. The molecule has 0 aliphatic carbocycles. The van der Waals surface area contributed by atoms with Crippen molar-refractivity contribution in [2.45, 2.75) is 12.7 Å². The molecule has 0 radical (unpaired) electrons. The second-order valence-electron chi connectivity index (χ2n) is 5.32. The van der Waals surface area contributed by atoms with E-state index < -0.39 is 11.7 Å². The second kappa shape index (κ2) is 6.64. The van der Waals surface area contributed by atoms with Crippen LogP contribution in [0.3, 0.4) is 0 Å². The number of nitrogens with one attached hydrogen (secondary N) is 2. The maximum absolute atomic E-state index is 13.2. The Bertz CT molecular complexity index is 468. The third-order valence-electron chi connectivity index (χ3n) is 3.67. The van der Waals surface area contributed by atoms with E-state index in [0.717, 1.165) is 32.2 Å². The Morgan fingerprint density at radius 1 is 1.14 bits per heavy atom. The van der Waals surface area contributed by atoms with Crippen molar-refractivity contribution in [1.29, 1.82) is 0 Å². The van der Waals surface area contributed by atoms with Crippen molar-refractivity contribution in [1.82, 2.24) is 15.2 Å². The van der Waals surface area contributed by atoms with Crippen molar-refractivity contribution in [3.8, 4) is 0 Å². The van der Waals surface area contributed by atoms with Gasteiger partial charge in [0.15, 0.2) is 0 Å². The van der Waals surface area contributed by atoms with E-state index in [1.807, 2.05) is 7.05 Å². The molecule has 0 aromatic heterocycles. The van der Waals surface area contributed by atoms with Crippen LogP contribution < -0.4 is 10.9 Å². The van der Waals surface area contributed by atoms with Crippen LogP contribution >= 0.6 is 0 Å². The Kier molecular flexibility index (Phi) is 5.08. The minimum atomic E-state index is -4.34. The van der Waals surface area contributed by atoms with E-state index in [4.69, 9.17) is 0 Å². The van der Waals surface area contributed by atoms with E-state index in [2.05, 4.69) is 20.7 Å². The fourth-order valence-corrected chi connectivity index (χ4v) is 2.45. The highest BCUT2D eigenvalue weighted by atomic mass is 19.4. The summed E-state index contributed by atoms with van der Waals surface area (Å²) in [5.41, 5.74) is 5.49. The van der Waals surface area contributed by atoms with Crippen molar-refractivity contribution in [3.05, 3.63) is 29.3 Å². The predicted molar refractivity (Wildman–Crippen MR) is 76.9 cm³/mol. The van der Waals surface area contributed by atoms with Crippen LogP contribution in [0.1, 0.15) is 11.1 Å². The highest BCUT2D eigenvalue weighted by Crippen LogP contribution is 2.34. The molecule has 1 fully saturated rings. The molecule has 2 N–H and O–H groups in total. The third-order valence-corrected chi connectivity index (χ3v) is 3.67. The van der Waals surface area contributed by atoms with Crippen LogP contribution in [0.2, 0.25) is 0 Å². The molecule has 0 atom stereocenters. The normalized spacial score (nSPS) is 18.0. The zero-order valence-corrected chi connectivity index (χ0v) is 12.3. The number of rotatable bonds is 4. The van der Waals surface area contributed by atoms with Gasteiger partial charge in [-0.25, -0.2) is 5.43 Å². The topological polar surface area (TPSA) is 30.5 Å². The number of piperazine rings is 1. The van der Waals surface area contributed by atoms with Crippen LogP contribution in [0.15, 0.2) is 18.2 Å². The van der Waals surface area contributed by atoms with Gasteiger partial charge in [-0.2, -0.15) is 13.2 Å². The molecule has 21 heavy (non-hydrogen) atoms. The van der Waals surface area contributed by atoms with Gasteiger partial charge in [0, 0.05) is 45.5 Å². The molecule has 1 saturated heterocycles. The van der Waals surface area contributed by atoms with E-state index in [1.165, 1.54) is 0 Å². The molecule has 2 rings (SSSR count). The van der Waals surface area contributed by atoms with Gasteiger partial charge in [0.1, 0.15) is 0 Å². The Hall–Kier alpha value is -1.31. The van der Waals surface area contributed by atoms with Crippen molar-refractivity contribution in [2.24, 2.45) is 0 Å². The maximum Gasteiger partial charge on any atom is 0.416 e. The summed E-state index contributed by atoms with van der Waals surface area (Å²) < 4.78 is 39.6. The fraction of sp³-hybridized carbons (Fsp3) is 0.571. The lowest BCUT2D eigenvalue weighted by Crippen LogP contribution is -2.44. The summed E-state index contributed by atoms with van der Waals surface area (Å²) in [6, 6.07) is 4.37. The summed E-state index contributed by atoms with van der Waals surface area (Å²) in [6.07, 6.45) is -4.34. The maximum atomic E-state index is 13.2. The minimum Gasteiger partial charge on any atom is -0.322 e. The summed E-state index contributed by atoms with van der Waals surface area (Å²) in [5.74, 6) is 0. The first-order valence-electron chi connectivity index (χ1n) is 6.94. The lowest BCUT2D eigenvalue weighted by atomic mass is 10.0. The van der Waals surface area contributed by atoms with Gasteiger partial charge in [-0.15, -0.1) is 0 Å². The zero-order chi connectivity index (χ0) is 15.5. The quantitative estimate of drug-likeness (QED) is 0.833. The fourth-order valence-electron chi connectivity index (χ4n) is 2.45. The lowest BCUT2D eigenvalue weighted by Gasteiger charge is -2.33. The van der Waals surface area contributed by atoms with Crippen LogP contribution in [0.4, 0.5) is 18.9 Å². The van der Waals surface area contributed by atoms with Gasteiger partial charge < -0.3 is 10.3 Å². The molecule has 1 aromatic rings. The van der Waals surface area contributed by atoms with Crippen LogP contribution in [0, 0.1) is 0 Å². The molecule has 0 saturated carbocycles. The first-order valence-corrected chi connectivity index (χ1v) is 6.94. The molecule has 1 aromatic carbocycles.